The van der Waals surface area contributed by atoms with Crippen LogP contribution in [-0.4, -0.2) is 21.7 Å². The molecule has 1 aromatic heterocycles. The van der Waals surface area contributed by atoms with Crippen LogP contribution in [0.25, 0.3) is 5.57 Å². The number of pyridine rings is 1. The molecular weight excluding hydrogens is 362 g/mol. The summed E-state index contributed by atoms with van der Waals surface area (Å²) in [4.78, 5) is 32.0. The maximum atomic E-state index is 13.3. The molecule has 0 spiro atoms. The van der Waals surface area contributed by atoms with Crippen LogP contribution in [0.5, 0.6) is 0 Å². The average Bonchev–Trinajstić information content (AvgIpc) is 2.94. The predicted molar refractivity (Wildman–Crippen MR) is 113 cm³/mol. The lowest BCUT2D eigenvalue weighted by molar-refractivity contribution is -0.137. The van der Waals surface area contributed by atoms with Crippen molar-refractivity contribution in [3.63, 3.8) is 0 Å². The third kappa shape index (κ3) is 3.67. The van der Waals surface area contributed by atoms with E-state index in [1.165, 1.54) is 4.90 Å². The predicted octanol–water partition coefficient (Wildman–Crippen LogP) is 4.09. The highest BCUT2D eigenvalue weighted by Crippen LogP contribution is 2.33. The van der Waals surface area contributed by atoms with E-state index in [9.17, 15) is 9.59 Å². The van der Waals surface area contributed by atoms with Gasteiger partial charge in [0, 0.05) is 18.1 Å². The first-order valence-corrected chi connectivity index (χ1v) is 9.43. The highest BCUT2D eigenvalue weighted by molar-refractivity contribution is 6.36. The van der Waals surface area contributed by atoms with E-state index < -0.39 is 0 Å². The molecule has 2 aromatic carbocycles. The van der Waals surface area contributed by atoms with E-state index in [0.29, 0.717) is 11.3 Å². The van der Waals surface area contributed by atoms with Crippen molar-refractivity contribution in [1.29, 1.82) is 0 Å². The fraction of sp³-hybridized carbons (Fsp3) is 0.125. The number of hydrogen-bond acceptors (Lipinski definition) is 4. The molecule has 2 heterocycles. The van der Waals surface area contributed by atoms with Gasteiger partial charge in [-0.05, 0) is 48.7 Å². The number of aryl methyl sites for hydroxylation is 2. The van der Waals surface area contributed by atoms with E-state index in [2.05, 4.69) is 10.3 Å². The summed E-state index contributed by atoms with van der Waals surface area (Å²) in [6, 6.07) is 18.9. The molecular formula is C24H21N3O2. The Bertz CT molecular complexity index is 1110. The molecule has 5 heteroatoms. The Kier molecular flexibility index (Phi) is 4.96. The summed E-state index contributed by atoms with van der Waals surface area (Å²) in [6.07, 6.45) is 3.33. The van der Waals surface area contributed by atoms with Crippen LogP contribution in [-0.2, 0) is 16.1 Å². The van der Waals surface area contributed by atoms with Crippen LogP contribution >= 0.6 is 0 Å². The molecule has 0 atom stereocenters. The lowest BCUT2D eigenvalue weighted by Gasteiger charge is -2.15. The van der Waals surface area contributed by atoms with Gasteiger partial charge in [-0.1, -0.05) is 48.0 Å². The monoisotopic (exact) mass is 383 g/mol. The van der Waals surface area contributed by atoms with E-state index in [4.69, 9.17) is 0 Å². The molecule has 0 unspecified atom stereocenters. The van der Waals surface area contributed by atoms with E-state index in [0.717, 1.165) is 27.9 Å². The summed E-state index contributed by atoms with van der Waals surface area (Å²) in [5.74, 6) is -0.637. The Hall–Kier alpha value is -3.73. The van der Waals surface area contributed by atoms with E-state index in [-0.39, 0.29) is 18.4 Å². The molecule has 0 fully saturated rings. The Morgan fingerprint density at radius 1 is 0.931 bits per heavy atom. The zero-order valence-corrected chi connectivity index (χ0v) is 16.3. The molecule has 29 heavy (non-hydrogen) atoms. The van der Waals surface area contributed by atoms with Gasteiger partial charge >= 0.3 is 0 Å². The smallest absolute Gasteiger partial charge is 0.278 e. The first-order chi connectivity index (χ1) is 14.0. The van der Waals surface area contributed by atoms with Crippen molar-refractivity contribution in [2.75, 3.05) is 5.32 Å². The average molecular weight is 383 g/mol. The van der Waals surface area contributed by atoms with Crippen LogP contribution in [0, 0.1) is 13.8 Å². The van der Waals surface area contributed by atoms with Crippen molar-refractivity contribution in [2.45, 2.75) is 20.4 Å². The summed E-state index contributed by atoms with van der Waals surface area (Å²) in [5.41, 5.74) is 5.09. The second-order valence-electron chi connectivity index (χ2n) is 7.12. The number of benzene rings is 2. The summed E-state index contributed by atoms with van der Waals surface area (Å²) in [6.45, 7) is 4.14. The van der Waals surface area contributed by atoms with Crippen LogP contribution < -0.4 is 5.32 Å². The molecule has 0 saturated heterocycles. The number of amides is 2. The minimum absolute atomic E-state index is 0.180. The molecule has 1 aliphatic rings. The second-order valence-corrected chi connectivity index (χ2v) is 7.12. The highest BCUT2D eigenvalue weighted by Gasteiger charge is 2.39. The molecule has 0 radical (unpaired) electrons. The quantitative estimate of drug-likeness (QED) is 0.674. The number of nitrogens with one attached hydrogen (secondary N) is 1. The lowest BCUT2D eigenvalue weighted by Crippen LogP contribution is -2.32. The molecule has 2 amide bonds. The fourth-order valence-electron chi connectivity index (χ4n) is 3.52. The van der Waals surface area contributed by atoms with Gasteiger partial charge in [-0.3, -0.25) is 19.5 Å². The molecule has 0 saturated carbocycles. The van der Waals surface area contributed by atoms with Crippen molar-refractivity contribution < 1.29 is 9.59 Å². The molecule has 4 rings (SSSR count). The number of imide groups is 1. The van der Waals surface area contributed by atoms with Gasteiger partial charge in [0.15, 0.2) is 0 Å². The van der Waals surface area contributed by atoms with Crippen LogP contribution in [0.4, 0.5) is 5.69 Å². The zero-order valence-electron chi connectivity index (χ0n) is 16.3. The Balaban J connectivity index is 1.78. The van der Waals surface area contributed by atoms with Crippen LogP contribution in [0.15, 0.2) is 78.8 Å². The number of hydrogen-bond donors (Lipinski definition) is 1. The van der Waals surface area contributed by atoms with E-state index in [1.54, 1.807) is 18.5 Å². The van der Waals surface area contributed by atoms with Gasteiger partial charge in [0.25, 0.3) is 11.8 Å². The van der Waals surface area contributed by atoms with Crippen molar-refractivity contribution in [3.05, 3.63) is 101 Å². The molecule has 1 aliphatic heterocycles. The number of rotatable bonds is 5. The number of anilines is 1. The summed E-state index contributed by atoms with van der Waals surface area (Å²) in [5, 5.41) is 3.18. The van der Waals surface area contributed by atoms with Crippen molar-refractivity contribution >= 4 is 23.1 Å². The van der Waals surface area contributed by atoms with Gasteiger partial charge in [-0.2, -0.15) is 0 Å². The number of para-hydroxylation sites is 1. The van der Waals surface area contributed by atoms with E-state index >= 15 is 0 Å². The van der Waals surface area contributed by atoms with Crippen molar-refractivity contribution in [1.82, 2.24) is 9.88 Å². The topological polar surface area (TPSA) is 62.3 Å². The number of nitrogens with zero attached hydrogens (tertiary/aromatic N) is 2. The molecule has 1 N–H and O–H groups in total. The molecule has 144 valence electrons. The van der Waals surface area contributed by atoms with Gasteiger partial charge in [-0.15, -0.1) is 0 Å². The minimum Gasteiger partial charge on any atom is -0.350 e. The number of carbonyl (C=O) groups excluding carboxylic acids is 2. The summed E-state index contributed by atoms with van der Waals surface area (Å²) < 4.78 is 0. The van der Waals surface area contributed by atoms with Crippen molar-refractivity contribution in [3.8, 4) is 0 Å². The Morgan fingerprint density at radius 2 is 1.72 bits per heavy atom. The van der Waals surface area contributed by atoms with Crippen LogP contribution in [0.3, 0.4) is 0 Å². The van der Waals surface area contributed by atoms with Gasteiger partial charge in [0.1, 0.15) is 5.70 Å². The lowest BCUT2D eigenvalue weighted by atomic mass is 9.97. The Morgan fingerprint density at radius 3 is 2.41 bits per heavy atom. The van der Waals surface area contributed by atoms with Crippen LogP contribution in [0.2, 0.25) is 0 Å². The first kappa shape index (κ1) is 18.6. The molecule has 3 aromatic rings. The first-order valence-electron chi connectivity index (χ1n) is 9.43. The zero-order chi connectivity index (χ0) is 20.4. The third-order valence-corrected chi connectivity index (χ3v) is 4.93. The van der Waals surface area contributed by atoms with Crippen LogP contribution in [0.1, 0.15) is 22.3 Å². The molecule has 5 nitrogen and oxygen atoms in total. The minimum atomic E-state index is -0.335. The normalized spacial score (nSPS) is 13.9. The van der Waals surface area contributed by atoms with Gasteiger partial charge in [0.05, 0.1) is 12.1 Å². The van der Waals surface area contributed by atoms with Gasteiger partial charge < -0.3 is 5.32 Å². The molecule has 0 bridgehead atoms. The van der Waals surface area contributed by atoms with E-state index in [1.807, 2.05) is 68.4 Å². The maximum absolute atomic E-state index is 13.3. The summed E-state index contributed by atoms with van der Waals surface area (Å²) in [7, 11) is 0. The standard InChI is InChI=1S/C24H21N3O2/c1-16-10-11-20(17(2)13-16)21-22(26-19-8-4-3-5-9-19)24(29)27(23(21)28)15-18-7-6-12-25-14-18/h3-14,26H,15H2,1-2H3. The van der Waals surface area contributed by atoms with Crippen molar-refractivity contribution in [2.24, 2.45) is 0 Å². The number of carbonyl (C=O) groups is 2. The second kappa shape index (κ2) is 7.72. The highest BCUT2D eigenvalue weighted by atomic mass is 16.2. The third-order valence-electron chi connectivity index (χ3n) is 4.93. The SMILES string of the molecule is Cc1ccc(C2=C(Nc3ccccc3)C(=O)N(Cc3cccnc3)C2=O)c(C)c1. The largest absolute Gasteiger partial charge is 0.350 e. The maximum Gasteiger partial charge on any atom is 0.278 e. The summed E-state index contributed by atoms with van der Waals surface area (Å²) >= 11 is 0. The fourth-order valence-corrected chi connectivity index (χ4v) is 3.52. The molecule has 0 aliphatic carbocycles. The van der Waals surface area contributed by atoms with Gasteiger partial charge in [-0.25, -0.2) is 0 Å². The number of aromatic nitrogens is 1. The Labute approximate surface area is 169 Å². The van der Waals surface area contributed by atoms with Gasteiger partial charge in [0.2, 0.25) is 0 Å².